The van der Waals surface area contributed by atoms with Crippen molar-refractivity contribution in [3.63, 3.8) is 0 Å². The number of hydrogen-bond acceptors (Lipinski definition) is 14. The number of hydrogen-bond donors (Lipinski definition) is 1. The highest BCUT2D eigenvalue weighted by atomic mass is 16.7. The van der Waals surface area contributed by atoms with Gasteiger partial charge < -0.3 is 43.2 Å². The molecule has 1 fully saturated rings. The van der Waals surface area contributed by atoms with Gasteiger partial charge in [0.2, 0.25) is 6.10 Å². The molecule has 1 aromatic carbocycles. The summed E-state index contributed by atoms with van der Waals surface area (Å²) in [7, 11) is 1.95. The number of nitrogens with zero attached hydrogens (tertiary/aromatic N) is 1. The van der Waals surface area contributed by atoms with Gasteiger partial charge in [0, 0.05) is 24.9 Å². The van der Waals surface area contributed by atoms with E-state index < -0.39 is 77.0 Å². The standard InChI is InChI=1S/C35H45NO13/c1-18(43-30(40)23(44-19(2)37)17-25(38)48-32(3,4)5)29(39)45-22-12-13-35(42)24-16-20-10-11-21(46-31(41)49-33(6,7)8)27-26(20)34(35,28(22)47-27)14-15-36(24)9/h10-12,18,23-24,28,42H,13-17H2,1-9H3/t18-,23-,24+,28-,34-,35+/m0/s1. The first kappa shape index (κ1) is 36.1. The van der Waals surface area contributed by atoms with Gasteiger partial charge in [-0.1, -0.05) is 6.07 Å². The summed E-state index contributed by atoms with van der Waals surface area (Å²) in [5.41, 5.74) is -2.43. The molecule has 2 bridgehead atoms. The molecule has 14 heteroatoms. The van der Waals surface area contributed by atoms with Crippen molar-refractivity contribution < 1.29 is 62.2 Å². The maximum atomic E-state index is 13.4. The third kappa shape index (κ3) is 6.85. The second kappa shape index (κ2) is 12.6. The zero-order valence-corrected chi connectivity index (χ0v) is 29.4. The van der Waals surface area contributed by atoms with E-state index in [-0.39, 0.29) is 29.7 Å². The van der Waals surface area contributed by atoms with Crippen LogP contribution in [0, 0.1) is 0 Å². The van der Waals surface area contributed by atoms with Crippen LogP contribution in [0.3, 0.4) is 0 Å². The van der Waals surface area contributed by atoms with Crippen molar-refractivity contribution in [1.29, 1.82) is 0 Å². The van der Waals surface area contributed by atoms with E-state index in [4.69, 9.17) is 33.2 Å². The monoisotopic (exact) mass is 687 g/mol. The van der Waals surface area contributed by atoms with Crippen LogP contribution in [0.15, 0.2) is 24.0 Å². The van der Waals surface area contributed by atoms with Crippen molar-refractivity contribution in [2.45, 2.75) is 128 Å². The molecule has 0 amide bonds. The number of piperidine rings is 1. The van der Waals surface area contributed by atoms with Crippen LogP contribution in [-0.2, 0) is 54.7 Å². The van der Waals surface area contributed by atoms with Gasteiger partial charge in [-0.3, -0.25) is 9.59 Å². The number of likely N-dealkylation sites (tertiary alicyclic amines) is 1. The van der Waals surface area contributed by atoms with E-state index in [9.17, 15) is 29.1 Å². The van der Waals surface area contributed by atoms with Crippen LogP contribution in [0.1, 0.15) is 85.8 Å². The third-order valence-corrected chi connectivity index (χ3v) is 9.11. The number of carbonyl (C=O) groups is 5. The molecule has 0 saturated carbocycles. The third-order valence-electron chi connectivity index (χ3n) is 9.11. The van der Waals surface area contributed by atoms with Gasteiger partial charge in [0.05, 0.1) is 17.4 Å². The van der Waals surface area contributed by atoms with Gasteiger partial charge in [-0.25, -0.2) is 14.4 Å². The first-order valence-corrected chi connectivity index (χ1v) is 16.3. The molecular formula is C35H45NO13. The number of aliphatic hydroxyl groups is 1. The topological polar surface area (TPSA) is 173 Å². The predicted octanol–water partition coefficient (Wildman–Crippen LogP) is 3.42. The van der Waals surface area contributed by atoms with E-state index in [1.165, 1.54) is 6.92 Å². The second-order valence-electron chi connectivity index (χ2n) is 15.0. The Balaban J connectivity index is 1.39. The number of rotatable bonds is 8. The van der Waals surface area contributed by atoms with E-state index >= 15 is 0 Å². The molecule has 14 nitrogen and oxygen atoms in total. The Morgan fingerprint density at radius 2 is 1.67 bits per heavy atom. The molecule has 6 atom stereocenters. The average Bonchev–Trinajstić information content (AvgIpc) is 3.31. The lowest BCUT2D eigenvalue weighted by Crippen LogP contribution is -2.74. The second-order valence-corrected chi connectivity index (χ2v) is 15.0. The maximum Gasteiger partial charge on any atom is 0.514 e. The highest BCUT2D eigenvalue weighted by Gasteiger charge is 2.72. The molecule has 1 spiro atoms. The summed E-state index contributed by atoms with van der Waals surface area (Å²) in [6.45, 7) is 13.0. The van der Waals surface area contributed by atoms with Gasteiger partial charge >= 0.3 is 30.0 Å². The SMILES string of the molecule is CC(=O)O[C@@H](CC(=O)OC(C)(C)C)C(=O)O[C@@H](C)C(=O)OC1=CC[C@@]2(O)[C@H]3Cc4ccc(OC(=O)OC(C)(C)C)c5c4[C@@]2(CCN3C)[C@H]1O5. The molecule has 1 N–H and O–H groups in total. The minimum Gasteiger partial charge on any atom is -0.477 e. The fourth-order valence-electron chi connectivity index (χ4n) is 7.27. The fraction of sp³-hybridized carbons (Fsp3) is 0.629. The summed E-state index contributed by atoms with van der Waals surface area (Å²) < 4.78 is 38.8. The maximum absolute atomic E-state index is 13.4. The van der Waals surface area contributed by atoms with Crippen molar-refractivity contribution in [1.82, 2.24) is 4.90 Å². The lowest BCUT2D eigenvalue weighted by Gasteiger charge is -2.61. The van der Waals surface area contributed by atoms with E-state index in [0.29, 0.717) is 24.9 Å². The van der Waals surface area contributed by atoms with Crippen LogP contribution >= 0.6 is 0 Å². The summed E-state index contributed by atoms with van der Waals surface area (Å²) in [6, 6.07) is 3.19. The molecule has 2 aliphatic carbocycles. The zero-order chi connectivity index (χ0) is 36.3. The fourth-order valence-corrected chi connectivity index (χ4v) is 7.27. The van der Waals surface area contributed by atoms with Crippen LogP contribution in [0.5, 0.6) is 11.5 Å². The smallest absolute Gasteiger partial charge is 0.477 e. The van der Waals surface area contributed by atoms with Gasteiger partial charge in [-0.05, 0) is 92.6 Å². The zero-order valence-electron chi connectivity index (χ0n) is 29.4. The molecule has 49 heavy (non-hydrogen) atoms. The molecule has 4 aliphatic rings. The Morgan fingerprint density at radius 3 is 2.31 bits per heavy atom. The molecule has 1 saturated heterocycles. The number of carbonyl (C=O) groups excluding carboxylic acids is 5. The summed E-state index contributed by atoms with van der Waals surface area (Å²) in [4.78, 5) is 65.3. The lowest BCUT2D eigenvalue weighted by molar-refractivity contribution is -0.182. The van der Waals surface area contributed by atoms with Crippen LogP contribution in [-0.4, -0.2) is 94.8 Å². The molecule has 2 aliphatic heterocycles. The van der Waals surface area contributed by atoms with Gasteiger partial charge in [-0.2, -0.15) is 0 Å². The quantitative estimate of drug-likeness (QED) is 0.239. The Kier molecular flexibility index (Phi) is 9.30. The van der Waals surface area contributed by atoms with Gasteiger partial charge in [-0.15, -0.1) is 0 Å². The van der Waals surface area contributed by atoms with E-state index in [0.717, 1.165) is 12.5 Å². The first-order valence-electron chi connectivity index (χ1n) is 16.3. The lowest BCUT2D eigenvalue weighted by atomic mass is 9.50. The Hall–Kier alpha value is -4.17. The van der Waals surface area contributed by atoms with Crippen LogP contribution in [0.25, 0.3) is 0 Å². The highest BCUT2D eigenvalue weighted by Crippen LogP contribution is 2.65. The molecule has 2 heterocycles. The molecule has 0 unspecified atom stereocenters. The number of benzene rings is 1. The van der Waals surface area contributed by atoms with Crippen molar-refractivity contribution >= 4 is 30.0 Å². The normalized spacial score (nSPS) is 26.5. The van der Waals surface area contributed by atoms with Crippen molar-refractivity contribution in [2.24, 2.45) is 0 Å². The van der Waals surface area contributed by atoms with Gasteiger partial charge in [0.1, 0.15) is 17.0 Å². The predicted molar refractivity (Wildman–Crippen MR) is 169 cm³/mol. The van der Waals surface area contributed by atoms with Gasteiger partial charge in [0.15, 0.2) is 23.7 Å². The molecule has 0 radical (unpaired) electrons. The van der Waals surface area contributed by atoms with Crippen molar-refractivity contribution in [3.05, 3.63) is 35.1 Å². The molecule has 1 aromatic rings. The molecule has 5 rings (SSSR count). The highest BCUT2D eigenvalue weighted by molar-refractivity contribution is 5.86. The van der Waals surface area contributed by atoms with Gasteiger partial charge in [0.25, 0.3) is 0 Å². The van der Waals surface area contributed by atoms with E-state index in [1.54, 1.807) is 53.7 Å². The Bertz CT molecular complexity index is 1590. The van der Waals surface area contributed by atoms with E-state index in [1.807, 2.05) is 13.1 Å². The van der Waals surface area contributed by atoms with Crippen molar-refractivity contribution in [3.8, 4) is 11.5 Å². The van der Waals surface area contributed by atoms with Crippen molar-refractivity contribution in [2.75, 3.05) is 13.6 Å². The molecule has 268 valence electrons. The largest absolute Gasteiger partial charge is 0.514 e. The van der Waals surface area contributed by atoms with Crippen LogP contribution in [0.2, 0.25) is 0 Å². The van der Waals surface area contributed by atoms with E-state index in [2.05, 4.69) is 4.90 Å². The van der Waals surface area contributed by atoms with Crippen LogP contribution < -0.4 is 9.47 Å². The minimum atomic E-state index is -1.65. The Labute approximate surface area is 284 Å². The molecular weight excluding hydrogens is 642 g/mol. The minimum absolute atomic E-state index is 0.0958. The average molecular weight is 688 g/mol. The number of ether oxygens (including phenoxy) is 7. The summed E-state index contributed by atoms with van der Waals surface area (Å²) >= 11 is 0. The first-order chi connectivity index (χ1) is 22.6. The summed E-state index contributed by atoms with van der Waals surface area (Å²) in [6.07, 6.45) is -3.02. The number of likely N-dealkylation sites (N-methyl/N-ethyl adjacent to an activating group) is 1. The number of esters is 4. The summed E-state index contributed by atoms with van der Waals surface area (Å²) in [5, 5.41) is 12.5. The van der Waals surface area contributed by atoms with Crippen LogP contribution in [0.4, 0.5) is 4.79 Å². The molecule has 0 aromatic heterocycles. The summed E-state index contributed by atoms with van der Waals surface area (Å²) in [5.74, 6) is -3.29. The Morgan fingerprint density at radius 1 is 1.00 bits per heavy atom.